The van der Waals surface area contributed by atoms with Crippen molar-refractivity contribution in [2.24, 2.45) is 5.92 Å². The Hall–Kier alpha value is -1.45. The zero-order valence-corrected chi connectivity index (χ0v) is 16.3. The summed E-state index contributed by atoms with van der Waals surface area (Å²) in [4.78, 5) is 2.06. The molecule has 1 aliphatic rings. The number of hydrogen-bond donors (Lipinski definition) is 2. The highest BCUT2D eigenvalue weighted by Crippen LogP contribution is 2.27. The van der Waals surface area contributed by atoms with E-state index in [0.717, 1.165) is 16.8 Å². The maximum Gasteiger partial charge on any atom is 0.214 e. The zero-order valence-electron chi connectivity index (χ0n) is 14.8. The van der Waals surface area contributed by atoms with Gasteiger partial charge in [0.1, 0.15) is 0 Å². The summed E-state index contributed by atoms with van der Waals surface area (Å²) in [6.45, 7) is 1.56. The lowest BCUT2D eigenvalue weighted by molar-refractivity contribution is 0.148. The van der Waals surface area contributed by atoms with Gasteiger partial charge in [0.2, 0.25) is 10.0 Å². The number of aromatic nitrogens is 2. The summed E-state index contributed by atoms with van der Waals surface area (Å²) in [5, 5.41) is 18.1. The maximum atomic E-state index is 12.1. The molecular weight excluding hydrogens is 376 g/mol. The molecular formula is C17H23ClN4O3S. The SMILES string of the molecule is CN(C)S(=O)(=O)C[C@@H]1CN(Cc2cn[nH]c2-c2ccc(Cl)cc2)C[C@H]1O. The van der Waals surface area contributed by atoms with Gasteiger partial charge in [-0.1, -0.05) is 23.7 Å². The first-order valence-electron chi connectivity index (χ1n) is 8.35. The van der Waals surface area contributed by atoms with Gasteiger partial charge < -0.3 is 5.11 Å². The molecule has 9 heteroatoms. The molecule has 0 spiro atoms. The number of sulfonamides is 1. The van der Waals surface area contributed by atoms with Gasteiger partial charge >= 0.3 is 0 Å². The van der Waals surface area contributed by atoms with E-state index in [1.165, 1.54) is 18.4 Å². The van der Waals surface area contributed by atoms with Crippen LogP contribution in [-0.4, -0.2) is 72.0 Å². The number of likely N-dealkylation sites (tertiary alicyclic amines) is 1. The average molecular weight is 399 g/mol. The number of rotatable bonds is 6. The Bertz CT molecular complexity index is 851. The van der Waals surface area contributed by atoms with Crippen LogP contribution >= 0.6 is 11.6 Å². The lowest BCUT2D eigenvalue weighted by atomic mass is 10.1. The molecule has 0 radical (unpaired) electrons. The van der Waals surface area contributed by atoms with Gasteiger partial charge in [0.15, 0.2) is 0 Å². The number of aromatic amines is 1. The summed E-state index contributed by atoms with van der Waals surface area (Å²) >= 11 is 5.94. The van der Waals surface area contributed by atoms with Crippen LogP contribution in [0.4, 0.5) is 0 Å². The van der Waals surface area contributed by atoms with Crippen LogP contribution in [0.5, 0.6) is 0 Å². The van der Waals surface area contributed by atoms with E-state index in [2.05, 4.69) is 15.1 Å². The van der Waals surface area contributed by atoms with Crippen LogP contribution in [0.3, 0.4) is 0 Å². The van der Waals surface area contributed by atoms with Gasteiger partial charge in [-0.05, 0) is 17.7 Å². The third-order valence-electron chi connectivity index (χ3n) is 4.71. The van der Waals surface area contributed by atoms with Crippen LogP contribution in [0.2, 0.25) is 5.02 Å². The topological polar surface area (TPSA) is 89.5 Å². The highest BCUT2D eigenvalue weighted by Gasteiger charge is 2.35. The van der Waals surface area contributed by atoms with E-state index in [4.69, 9.17) is 11.6 Å². The van der Waals surface area contributed by atoms with Gasteiger partial charge in [0.25, 0.3) is 0 Å². The minimum absolute atomic E-state index is 0.0485. The molecule has 0 saturated carbocycles. The molecule has 2 N–H and O–H groups in total. The predicted octanol–water partition coefficient (Wildman–Crippen LogP) is 1.41. The van der Waals surface area contributed by atoms with Gasteiger partial charge in [-0.3, -0.25) is 10.00 Å². The van der Waals surface area contributed by atoms with E-state index >= 15 is 0 Å². The Balaban J connectivity index is 1.70. The Kier molecular flexibility index (Phi) is 5.69. The van der Waals surface area contributed by atoms with Crippen molar-refractivity contribution in [3.8, 4) is 11.3 Å². The Morgan fingerprint density at radius 2 is 2.00 bits per heavy atom. The first-order valence-corrected chi connectivity index (χ1v) is 10.3. The molecule has 142 valence electrons. The van der Waals surface area contributed by atoms with Crippen molar-refractivity contribution in [3.05, 3.63) is 41.0 Å². The molecule has 3 rings (SSSR count). The number of aliphatic hydroxyl groups is 1. The number of benzene rings is 1. The third-order valence-corrected chi connectivity index (χ3v) is 6.92. The molecule has 1 aromatic heterocycles. The molecule has 26 heavy (non-hydrogen) atoms. The number of hydrogen-bond acceptors (Lipinski definition) is 5. The fourth-order valence-electron chi connectivity index (χ4n) is 3.19. The molecule has 2 atom stereocenters. The van der Waals surface area contributed by atoms with Gasteiger partial charge in [0.05, 0.1) is 23.7 Å². The Morgan fingerprint density at radius 3 is 2.65 bits per heavy atom. The van der Waals surface area contributed by atoms with E-state index in [0.29, 0.717) is 24.7 Å². The summed E-state index contributed by atoms with van der Waals surface area (Å²) < 4.78 is 25.4. The van der Waals surface area contributed by atoms with Gasteiger partial charge in [-0.15, -0.1) is 0 Å². The standard InChI is InChI=1S/C17H23ClN4O3S/c1-21(2)26(24,25)11-14-9-22(10-16(14)23)8-13-7-19-20-17(13)12-3-5-15(18)6-4-12/h3-7,14,16,23H,8-11H2,1-2H3,(H,19,20)/t14-,16+/m0/s1. The van der Waals surface area contributed by atoms with Crippen molar-refractivity contribution in [1.82, 2.24) is 19.4 Å². The summed E-state index contributed by atoms with van der Waals surface area (Å²) in [6, 6.07) is 7.49. The fourth-order valence-corrected chi connectivity index (χ4v) is 4.49. The number of halogens is 1. The van der Waals surface area contributed by atoms with Crippen molar-refractivity contribution < 1.29 is 13.5 Å². The summed E-state index contributed by atoms with van der Waals surface area (Å²) in [5.41, 5.74) is 2.88. The lowest BCUT2D eigenvalue weighted by Gasteiger charge is -2.18. The third kappa shape index (κ3) is 4.27. The van der Waals surface area contributed by atoms with Crippen LogP contribution in [0.25, 0.3) is 11.3 Å². The van der Waals surface area contributed by atoms with Crippen LogP contribution in [0, 0.1) is 5.92 Å². The first kappa shape index (κ1) is 19.3. The zero-order chi connectivity index (χ0) is 18.9. The van der Waals surface area contributed by atoms with E-state index in [1.807, 2.05) is 24.3 Å². The van der Waals surface area contributed by atoms with Crippen molar-refractivity contribution in [2.75, 3.05) is 32.9 Å². The second kappa shape index (κ2) is 7.66. The highest BCUT2D eigenvalue weighted by atomic mass is 35.5. The van der Waals surface area contributed by atoms with Crippen LogP contribution in [-0.2, 0) is 16.6 Å². The molecule has 0 unspecified atom stereocenters. The van der Waals surface area contributed by atoms with E-state index in [9.17, 15) is 13.5 Å². The van der Waals surface area contributed by atoms with Crippen LogP contribution in [0.15, 0.2) is 30.5 Å². The highest BCUT2D eigenvalue weighted by molar-refractivity contribution is 7.89. The second-order valence-electron chi connectivity index (χ2n) is 6.86. The first-order chi connectivity index (χ1) is 12.3. The average Bonchev–Trinajstić information content (AvgIpc) is 3.15. The molecule has 2 heterocycles. The molecule has 2 aromatic rings. The van der Waals surface area contributed by atoms with Crippen molar-refractivity contribution in [3.63, 3.8) is 0 Å². The van der Waals surface area contributed by atoms with Crippen molar-refractivity contribution in [2.45, 2.75) is 12.6 Å². The fraction of sp³-hybridized carbons (Fsp3) is 0.471. The molecule has 0 bridgehead atoms. The molecule has 0 aliphatic carbocycles. The van der Waals surface area contributed by atoms with Crippen molar-refractivity contribution in [1.29, 1.82) is 0 Å². The molecule has 0 amide bonds. The minimum atomic E-state index is -3.34. The summed E-state index contributed by atoms with van der Waals surface area (Å²) in [6.07, 6.45) is 1.11. The van der Waals surface area contributed by atoms with E-state index in [1.54, 1.807) is 6.20 Å². The molecule has 1 fully saturated rings. The number of nitrogens with one attached hydrogen (secondary N) is 1. The molecule has 1 aliphatic heterocycles. The Morgan fingerprint density at radius 1 is 1.31 bits per heavy atom. The maximum absolute atomic E-state index is 12.1. The molecule has 1 saturated heterocycles. The summed E-state index contributed by atoms with van der Waals surface area (Å²) in [5.74, 6) is -0.346. The Labute approximate surface area is 158 Å². The number of nitrogens with zero attached hydrogens (tertiary/aromatic N) is 3. The normalized spacial score (nSPS) is 21.6. The predicted molar refractivity (Wildman–Crippen MR) is 101 cm³/mol. The van der Waals surface area contributed by atoms with Crippen molar-refractivity contribution >= 4 is 21.6 Å². The smallest absolute Gasteiger partial charge is 0.214 e. The minimum Gasteiger partial charge on any atom is -0.391 e. The quantitative estimate of drug-likeness (QED) is 0.768. The van der Waals surface area contributed by atoms with Gasteiger partial charge in [-0.25, -0.2) is 12.7 Å². The molecule has 7 nitrogen and oxygen atoms in total. The van der Waals surface area contributed by atoms with E-state index < -0.39 is 16.1 Å². The lowest BCUT2D eigenvalue weighted by Crippen LogP contribution is -2.33. The monoisotopic (exact) mass is 398 g/mol. The summed E-state index contributed by atoms with van der Waals surface area (Å²) in [7, 11) is -0.315. The van der Waals surface area contributed by atoms with Gasteiger partial charge in [-0.2, -0.15) is 5.10 Å². The second-order valence-corrected chi connectivity index (χ2v) is 9.52. The number of H-pyrrole nitrogens is 1. The number of β-amino-alcohol motifs (C(OH)–C–C–N with tert-alkyl or cyclic N) is 1. The van der Waals surface area contributed by atoms with Gasteiger partial charge in [0, 0.05) is 50.2 Å². The van der Waals surface area contributed by atoms with E-state index in [-0.39, 0.29) is 11.7 Å². The molecule has 1 aromatic carbocycles. The van der Waals surface area contributed by atoms with Crippen LogP contribution in [0.1, 0.15) is 5.56 Å². The van der Waals surface area contributed by atoms with Crippen LogP contribution < -0.4 is 0 Å². The number of aliphatic hydroxyl groups excluding tert-OH is 1. The largest absolute Gasteiger partial charge is 0.391 e.